The lowest BCUT2D eigenvalue weighted by Gasteiger charge is -2.23. The summed E-state index contributed by atoms with van der Waals surface area (Å²) in [4.78, 5) is 15.3. The Kier molecular flexibility index (Phi) is 5.76. The predicted octanol–water partition coefficient (Wildman–Crippen LogP) is 4.89. The first-order valence-electron chi connectivity index (χ1n) is 10.9. The van der Waals surface area contributed by atoms with Crippen molar-refractivity contribution in [2.75, 3.05) is 7.05 Å². The molecule has 30 heavy (non-hydrogen) atoms. The Morgan fingerprint density at radius 3 is 2.53 bits per heavy atom. The van der Waals surface area contributed by atoms with Gasteiger partial charge in [0.1, 0.15) is 0 Å². The van der Waals surface area contributed by atoms with Crippen LogP contribution in [0.15, 0.2) is 42.6 Å². The van der Waals surface area contributed by atoms with E-state index in [1.54, 1.807) is 12.3 Å². The van der Waals surface area contributed by atoms with Crippen LogP contribution in [0.3, 0.4) is 0 Å². The third-order valence-corrected chi connectivity index (χ3v) is 6.80. The van der Waals surface area contributed by atoms with Gasteiger partial charge in [0.05, 0.1) is 5.71 Å². The molecule has 4 nitrogen and oxygen atoms in total. The van der Waals surface area contributed by atoms with Gasteiger partial charge in [-0.1, -0.05) is 37.1 Å². The molecule has 0 unspecified atom stereocenters. The van der Waals surface area contributed by atoms with E-state index in [0.717, 1.165) is 36.9 Å². The number of nitrogens with one attached hydrogen (secondary N) is 2. The van der Waals surface area contributed by atoms with Crippen LogP contribution in [0.5, 0.6) is 0 Å². The van der Waals surface area contributed by atoms with Gasteiger partial charge < -0.3 is 15.6 Å². The number of allylic oxidation sites excluding steroid dienone is 1. The van der Waals surface area contributed by atoms with Crippen molar-refractivity contribution in [2.45, 2.75) is 58.5 Å². The maximum absolute atomic E-state index is 13.1. The Morgan fingerprint density at radius 1 is 1.17 bits per heavy atom. The summed E-state index contributed by atoms with van der Waals surface area (Å²) in [5.41, 5.74) is 8.52. The van der Waals surface area contributed by atoms with Crippen LogP contribution in [-0.2, 0) is 13.0 Å². The number of hydrogen-bond donors (Lipinski definition) is 2. The zero-order valence-electron chi connectivity index (χ0n) is 18.2. The normalized spacial score (nSPS) is 16.5. The fraction of sp³-hybridized carbons (Fsp3) is 0.385. The molecule has 0 bridgehead atoms. The highest BCUT2D eigenvalue weighted by Crippen LogP contribution is 2.35. The Balaban J connectivity index is 1.56. The second-order valence-electron chi connectivity index (χ2n) is 8.59. The van der Waals surface area contributed by atoms with Gasteiger partial charge >= 0.3 is 0 Å². The van der Waals surface area contributed by atoms with Crippen LogP contribution in [0.2, 0.25) is 0 Å². The maximum Gasteiger partial charge on any atom is 0.254 e. The van der Waals surface area contributed by atoms with Crippen LogP contribution in [0.25, 0.3) is 0 Å². The standard InChI is InChI=1S/C26H31N3O/c1-17-18(2)24-16-29(22-6-4-5-7-22)26(30)23(24)15-21(17)14-19-8-10-20(11-9-19)25(27)12-13-28-3/h8-13,15,22,27-28H,4-7,14,16H2,1-3H3/b13-12-,27-25?. The first-order chi connectivity index (χ1) is 14.5. The highest BCUT2D eigenvalue weighted by atomic mass is 16.2. The van der Waals surface area contributed by atoms with E-state index in [1.165, 1.54) is 40.7 Å². The predicted molar refractivity (Wildman–Crippen MR) is 122 cm³/mol. The number of benzene rings is 2. The van der Waals surface area contributed by atoms with Crippen LogP contribution in [-0.4, -0.2) is 29.6 Å². The van der Waals surface area contributed by atoms with Crippen molar-refractivity contribution in [1.29, 1.82) is 5.41 Å². The zero-order chi connectivity index (χ0) is 21.3. The molecule has 1 saturated carbocycles. The molecule has 156 valence electrons. The first kappa shape index (κ1) is 20.4. The molecule has 1 aliphatic heterocycles. The maximum atomic E-state index is 13.1. The van der Waals surface area contributed by atoms with E-state index < -0.39 is 0 Å². The highest BCUT2D eigenvalue weighted by Gasteiger charge is 2.35. The van der Waals surface area contributed by atoms with Gasteiger partial charge in [0.2, 0.25) is 0 Å². The lowest BCUT2D eigenvalue weighted by Crippen LogP contribution is -2.33. The molecule has 0 saturated heterocycles. The van der Waals surface area contributed by atoms with Gasteiger partial charge in [-0.25, -0.2) is 0 Å². The smallest absolute Gasteiger partial charge is 0.254 e. The third kappa shape index (κ3) is 3.79. The van der Waals surface area contributed by atoms with Crippen molar-refractivity contribution >= 4 is 11.6 Å². The lowest BCUT2D eigenvalue weighted by molar-refractivity contribution is 0.0707. The summed E-state index contributed by atoms with van der Waals surface area (Å²) in [6, 6.07) is 10.7. The first-order valence-corrected chi connectivity index (χ1v) is 10.9. The van der Waals surface area contributed by atoms with Crippen LogP contribution in [0, 0.1) is 19.3 Å². The summed E-state index contributed by atoms with van der Waals surface area (Å²) in [6.07, 6.45) is 9.10. The second kappa shape index (κ2) is 8.47. The Bertz CT molecular complexity index is 998. The number of carbonyl (C=O) groups is 1. The quantitative estimate of drug-likeness (QED) is 0.677. The molecule has 2 aromatic carbocycles. The molecule has 4 rings (SSSR count). The van der Waals surface area contributed by atoms with E-state index >= 15 is 0 Å². The summed E-state index contributed by atoms with van der Waals surface area (Å²) < 4.78 is 0. The van der Waals surface area contributed by atoms with Crippen molar-refractivity contribution in [3.63, 3.8) is 0 Å². The van der Waals surface area contributed by atoms with Gasteiger partial charge in [-0.2, -0.15) is 0 Å². The summed E-state index contributed by atoms with van der Waals surface area (Å²) in [7, 11) is 1.82. The molecule has 0 spiro atoms. The Hall–Kier alpha value is -2.88. The largest absolute Gasteiger partial charge is 0.394 e. The van der Waals surface area contributed by atoms with E-state index in [9.17, 15) is 4.79 Å². The average Bonchev–Trinajstić information content (AvgIpc) is 3.39. The molecule has 1 aliphatic carbocycles. The summed E-state index contributed by atoms with van der Waals surface area (Å²) in [6.45, 7) is 5.13. The summed E-state index contributed by atoms with van der Waals surface area (Å²) >= 11 is 0. The molecule has 2 aliphatic rings. The van der Waals surface area contributed by atoms with E-state index in [-0.39, 0.29) is 5.91 Å². The van der Waals surface area contributed by atoms with Crippen LogP contribution >= 0.6 is 0 Å². The molecule has 0 aromatic heterocycles. The van der Waals surface area contributed by atoms with Gasteiger partial charge in [0.25, 0.3) is 5.91 Å². The lowest BCUT2D eigenvalue weighted by atomic mass is 9.91. The fourth-order valence-electron chi connectivity index (χ4n) is 4.81. The molecule has 2 aromatic rings. The molecular formula is C26H31N3O. The van der Waals surface area contributed by atoms with Gasteiger partial charge in [-0.05, 0) is 84.8 Å². The molecule has 1 heterocycles. The average molecular weight is 402 g/mol. The molecule has 1 fully saturated rings. The van der Waals surface area contributed by atoms with E-state index in [2.05, 4.69) is 42.3 Å². The number of nitrogens with zero attached hydrogens (tertiary/aromatic N) is 1. The monoisotopic (exact) mass is 401 g/mol. The topological polar surface area (TPSA) is 56.2 Å². The number of carbonyl (C=O) groups excluding carboxylic acids is 1. The van der Waals surface area contributed by atoms with E-state index in [4.69, 9.17) is 5.41 Å². The molecule has 0 atom stereocenters. The molecule has 1 amide bonds. The second-order valence-corrected chi connectivity index (χ2v) is 8.59. The molecule has 0 radical (unpaired) electrons. The Morgan fingerprint density at radius 2 is 1.87 bits per heavy atom. The minimum absolute atomic E-state index is 0.223. The van der Waals surface area contributed by atoms with Gasteiger partial charge in [0.15, 0.2) is 0 Å². The minimum atomic E-state index is 0.223. The third-order valence-electron chi connectivity index (χ3n) is 6.80. The summed E-state index contributed by atoms with van der Waals surface area (Å²) in [5.74, 6) is 0.223. The van der Waals surface area contributed by atoms with E-state index in [0.29, 0.717) is 11.8 Å². The number of amides is 1. The van der Waals surface area contributed by atoms with Crippen molar-refractivity contribution in [1.82, 2.24) is 10.2 Å². The molecule has 2 N–H and O–H groups in total. The van der Waals surface area contributed by atoms with Crippen molar-refractivity contribution in [3.05, 3.63) is 81.6 Å². The van der Waals surface area contributed by atoms with Crippen molar-refractivity contribution < 1.29 is 4.79 Å². The van der Waals surface area contributed by atoms with Crippen molar-refractivity contribution in [3.8, 4) is 0 Å². The molecule has 4 heteroatoms. The van der Waals surface area contributed by atoms with Gasteiger partial charge in [-0.15, -0.1) is 0 Å². The minimum Gasteiger partial charge on any atom is -0.394 e. The SMILES string of the molecule is CN/C=C\C(=N)c1ccc(Cc2cc3c(c(C)c2C)CN(C2CCCC2)C3=O)cc1. The Labute approximate surface area is 179 Å². The number of rotatable bonds is 6. The zero-order valence-corrected chi connectivity index (χ0v) is 18.2. The summed E-state index contributed by atoms with van der Waals surface area (Å²) in [5, 5.41) is 11.0. The van der Waals surface area contributed by atoms with Crippen LogP contribution < -0.4 is 5.32 Å². The van der Waals surface area contributed by atoms with Gasteiger partial charge in [-0.3, -0.25) is 4.79 Å². The van der Waals surface area contributed by atoms with E-state index in [1.807, 2.05) is 19.2 Å². The molecular weight excluding hydrogens is 370 g/mol. The van der Waals surface area contributed by atoms with Crippen molar-refractivity contribution in [2.24, 2.45) is 0 Å². The van der Waals surface area contributed by atoms with Crippen LogP contribution in [0.1, 0.15) is 69.4 Å². The number of fused-ring (bicyclic) bond motifs is 1. The van der Waals surface area contributed by atoms with Gasteiger partial charge in [0, 0.05) is 25.2 Å². The highest BCUT2D eigenvalue weighted by molar-refractivity contribution is 6.06. The fourth-order valence-corrected chi connectivity index (χ4v) is 4.81. The number of hydrogen-bond acceptors (Lipinski definition) is 3. The van der Waals surface area contributed by atoms with Crippen LogP contribution in [0.4, 0.5) is 0 Å².